The quantitative estimate of drug-likeness (QED) is 0.457. The van der Waals surface area contributed by atoms with Gasteiger partial charge in [0.15, 0.2) is 0 Å². The predicted octanol–water partition coefficient (Wildman–Crippen LogP) is 2.72. The van der Waals surface area contributed by atoms with Crippen molar-refractivity contribution in [3.05, 3.63) is 23.3 Å². The van der Waals surface area contributed by atoms with E-state index in [0.29, 0.717) is 0 Å². The van der Waals surface area contributed by atoms with Crippen molar-refractivity contribution >= 4 is 11.7 Å². The lowest BCUT2D eigenvalue weighted by molar-refractivity contribution is 0.377. The Morgan fingerprint density at radius 2 is 1.94 bits per heavy atom. The van der Waals surface area contributed by atoms with Crippen molar-refractivity contribution < 1.29 is 0 Å². The van der Waals surface area contributed by atoms with Crippen LogP contribution >= 0.6 is 0 Å². The van der Waals surface area contributed by atoms with Gasteiger partial charge in [-0.2, -0.15) is 5.10 Å². The van der Waals surface area contributed by atoms with E-state index in [1.54, 1.807) is 0 Å². The maximum absolute atomic E-state index is 5.23. The Morgan fingerprint density at radius 3 is 2.50 bits per heavy atom. The van der Waals surface area contributed by atoms with Gasteiger partial charge in [0.05, 0.1) is 5.71 Å². The zero-order valence-electron chi connectivity index (χ0n) is 11.8. The molecular formula is C14H24N4. The topological polar surface area (TPSA) is 76.8 Å². The first-order valence-electron chi connectivity index (χ1n) is 6.34. The molecule has 0 spiro atoms. The minimum atomic E-state index is -0.0175. The number of allylic oxidation sites excluding steroid dienone is 4. The minimum Gasteiger partial charge on any atom is -0.369 e. The predicted molar refractivity (Wildman–Crippen MR) is 78.4 cm³/mol. The van der Waals surface area contributed by atoms with Crippen molar-refractivity contribution in [2.75, 3.05) is 0 Å². The van der Waals surface area contributed by atoms with Crippen molar-refractivity contribution in [2.45, 2.75) is 47.0 Å². The molecule has 0 aromatic rings. The number of hydrogen-bond acceptors (Lipinski definition) is 2. The normalized spacial score (nSPS) is 20.3. The van der Waals surface area contributed by atoms with E-state index in [1.807, 2.05) is 13.0 Å². The average Bonchev–Trinajstić information content (AvgIpc) is 2.24. The van der Waals surface area contributed by atoms with Crippen molar-refractivity contribution in [3.63, 3.8) is 0 Å². The Hall–Kier alpha value is -1.58. The third kappa shape index (κ3) is 4.02. The van der Waals surface area contributed by atoms with E-state index in [4.69, 9.17) is 11.5 Å². The molecule has 1 aliphatic carbocycles. The summed E-state index contributed by atoms with van der Waals surface area (Å²) in [7, 11) is 0. The Kier molecular flexibility index (Phi) is 4.70. The number of hydrogen-bond donors (Lipinski definition) is 2. The molecule has 0 bridgehead atoms. The second-order valence-corrected chi connectivity index (χ2v) is 5.53. The average molecular weight is 248 g/mol. The van der Waals surface area contributed by atoms with Gasteiger partial charge < -0.3 is 11.5 Å². The fraction of sp³-hybridized carbons (Fsp3) is 0.571. The highest BCUT2D eigenvalue weighted by Crippen LogP contribution is 2.40. The first-order chi connectivity index (χ1) is 8.33. The van der Waals surface area contributed by atoms with Gasteiger partial charge in [-0.15, -0.1) is 5.10 Å². The number of rotatable bonds is 3. The molecule has 0 atom stereocenters. The zero-order chi connectivity index (χ0) is 13.8. The Morgan fingerprint density at radius 1 is 1.28 bits per heavy atom. The molecule has 0 radical (unpaired) electrons. The standard InChI is InChI=1S/C14H24N4/c1-10-6-5-9-14(3,4)12(10)8-7-11(2)17-18-13(15)16/h7-8H,5-6,9H2,1-4H3,(H4,15,16,18)/b8-7-,17-11-. The smallest absolute Gasteiger partial charge is 0.211 e. The molecule has 0 saturated carbocycles. The van der Waals surface area contributed by atoms with Crippen molar-refractivity contribution in [1.82, 2.24) is 0 Å². The summed E-state index contributed by atoms with van der Waals surface area (Å²) in [5.74, 6) is -0.0175. The van der Waals surface area contributed by atoms with Crippen molar-refractivity contribution in [3.8, 4) is 0 Å². The lowest BCUT2D eigenvalue weighted by Gasteiger charge is -2.32. The first kappa shape index (κ1) is 14.5. The number of guanidine groups is 1. The maximum Gasteiger partial charge on any atom is 0.211 e. The minimum absolute atomic E-state index is 0.0175. The molecule has 4 heteroatoms. The Labute approximate surface area is 110 Å². The van der Waals surface area contributed by atoms with E-state index in [1.165, 1.54) is 30.4 Å². The van der Waals surface area contributed by atoms with Crippen LogP contribution in [0.3, 0.4) is 0 Å². The third-order valence-corrected chi connectivity index (χ3v) is 3.36. The maximum atomic E-state index is 5.23. The molecular weight excluding hydrogens is 224 g/mol. The van der Waals surface area contributed by atoms with E-state index in [-0.39, 0.29) is 11.4 Å². The first-order valence-corrected chi connectivity index (χ1v) is 6.34. The monoisotopic (exact) mass is 248 g/mol. The van der Waals surface area contributed by atoms with Crippen LogP contribution in [0.4, 0.5) is 0 Å². The van der Waals surface area contributed by atoms with Crippen molar-refractivity contribution in [1.29, 1.82) is 0 Å². The second kappa shape index (κ2) is 5.85. The van der Waals surface area contributed by atoms with E-state index < -0.39 is 0 Å². The number of nitrogens with two attached hydrogens (primary N) is 2. The zero-order valence-corrected chi connectivity index (χ0v) is 11.8. The molecule has 0 saturated heterocycles. The highest BCUT2D eigenvalue weighted by atomic mass is 15.3. The lowest BCUT2D eigenvalue weighted by atomic mass is 9.72. The van der Waals surface area contributed by atoms with Crippen LogP contribution in [0.25, 0.3) is 0 Å². The largest absolute Gasteiger partial charge is 0.369 e. The summed E-state index contributed by atoms with van der Waals surface area (Å²) < 4.78 is 0. The van der Waals surface area contributed by atoms with Gasteiger partial charge >= 0.3 is 0 Å². The molecule has 4 nitrogen and oxygen atoms in total. The van der Waals surface area contributed by atoms with E-state index in [2.05, 4.69) is 37.1 Å². The van der Waals surface area contributed by atoms with E-state index in [9.17, 15) is 0 Å². The van der Waals surface area contributed by atoms with E-state index >= 15 is 0 Å². The van der Waals surface area contributed by atoms with Gasteiger partial charge in [0.25, 0.3) is 0 Å². The summed E-state index contributed by atoms with van der Waals surface area (Å²) in [4.78, 5) is 0. The van der Waals surface area contributed by atoms with Gasteiger partial charge in [-0.25, -0.2) is 0 Å². The van der Waals surface area contributed by atoms with Crippen LogP contribution in [0.1, 0.15) is 47.0 Å². The highest BCUT2D eigenvalue weighted by molar-refractivity contribution is 5.93. The molecule has 0 unspecified atom stereocenters. The molecule has 18 heavy (non-hydrogen) atoms. The summed E-state index contributed by atoms with van der Waals surface area (Å²) in [6.07, 6.45) is 7.81. The van der Waals surface area contributed by atoms with Crippen LogP contribution in [0.5, 0.6) is 0 Å². The summed E-state index contributed by atoms with van der Waals surface area (Å²) in [6, 6.07) is 0. The molecule has 0 aromatic carbocycles. The molecule has 1 aliphatic rings. The van der Waals surface area contributed by atoms with Gasteiger partial charge in [0.1, 0.15) is 0 Å². The van der Waals surface area contributed by atoms with Crippen LogP contribution in [-0.2, 0) is 0 Å². The van der Waals surface area contributed by atoms with Gasteiger partial charge in [0.2, 0.25) is 5.96 Å². The van der Waals surface area contributed by atoms with Crippen LogP contribution in [0.15, 0.2) is 33.5 Å². The van der Waals surface area contributed by atoms with Crippen molar-refractivity contribution in [2.24, 2.45) is 27.1 Å². The van der Waals surface area contributed by atoms with Gasteiger partial charge in [-0.1, -0.05) is 25.5 Å². The third-order valence-electron chi connectivity index (χ3n) is 3.36. The fourth-order valence-corrected chi connectivity index (χ4v) is 2.38. The van der Waals surface area contributed by atoms with Crippen LogP contribution < -0.4 is 11.5 Å². The summed E-state index contributed by atoms with van der Waals surface area (Å²) in [6.45, 7) is 8.67. The molecule has 0 amide bonds. The van der Waals surface area contributed by atoms with Gasteiger partial charge in [-0.05, 0) is 50.2 Å². The van der Waals surface area contributed by atoms with Gasteiger partial charge in [0, 0.05) is 0 Å². The van der Waals surface area contributed by atoms with Crippen LogP contribution in [0, 0.1) is 5.41 Å². The molecule has 0 aliphatic heterocycles. The molecule has 0 aromatic heterocycles. The summed E-state index contributed by atoms with van der Waals surface area (Å²) in [5, 5.41) is 7.56. The molecule has 1 rings (SSSR count). The summed E-state index contributed by atoms with van der Waals surface area (Å²) in [5.41, 5.74) is 14.4. The molecule has 100 valence electrons. The molecule has 4 N–H and O–H groups in total. The van der Waals surface area contributed by atoms with Crippen LogP contribution in [0.2, 0.25) is 0 Å². The Balaban J connectivity index is 2.89. The Bertz CT molecular complexity index is 421. The van der Waals surface area contributed by atoms with Gasteiger partial charge in [-0.3, -0.25) is 0 Å². The van der Waals surface area contributed by atoms with Crippen LogP contribution in [-0.4, -0.2) is 11.7 Å². The number of nitrogens with zero attached hydrogens (tertiary/aromatic N) is 2. The fourth-order valence-electron chi connectivity index (χ4n) is 2.38. The second-order valence-electron chi connectivity index (χ2n) is 5.53. The lowest BCUT2D eigenvalue weighted by Crippen LogP contribution is -2.22. The highest BCUT2D eigenvalue weighted by Gasteiger charge is 2.26. The molecule has 0 fully saturated rings. The SMILES string of the molecule is CC1=C(/C=C\C(C)=N/N=C(N)N)C(C)(C)CCC1. The molecule has 0 heterocycles. The summed E-state index contributed by atoms with van der Waals surface area (Å²) >= 11 is 0. The van der Waals surface area contributed by atoms with E-state index in [0.717, 1.165) is 5.71 Å².